The lowest BCUT2D eigenvalue weighted by Gasteiger charge is -2.16. The monoisotopic (exact) mass is 302 g/mol. The first-order chi connectivity index (χ1) is 8.30. The minimum atomic E-state index is -3.53. The van der Waals surface area contributed by atoms with E-state index >= 15 is 0 Å². The first-order valence-electron chi connectivity index (χ1n) is 5.27. The Kier molecular flexibility index (Phi) is 3.65. The number of Topliss-reactive ketones (excluding diaryl/α,β-unsaturated/α-hetero) is 1. The third-order valence-electron chi connectivity index (χ3n) is 2.72. The molecule has 0 bridgehead atoms. The molecule has 2 unspecified atom stereocenters. The first-order valence-corrected chi connectivity index (χ1v) is 8.71. The van der Waals surface area contributed by atoms with Crippen LogP contribution >= 0.6 is 30.3 Å². The van der Waals surface area contributed by atoms with Crippen molar-refractivity contribution in [2.45, 2.75) is 12.6 Å². The minimum Gasteiger partial charge on any atom is -0.344 e. The highest BCUT2D eigenvalue weighted by Crippen LogP contribution is 2.55. The quantitative estimate of drug-likeness (QED) is 0.869. The molecule has 0 aliphatic rings. The van der Waals surface area contributed by atoms with E-state index in [9.17, 15) is 14.3 Å². The minimum absolute atomic E-state index is 0.303. The van der Waals surface area contributed by atoms with Crippen LogP contribution in [0, 0.1) is 0 Å². The van der Waals surface area contributed by atoms with Gasteiger partial charge in [0, 0.05) is 16.4 Å². The smallest absolute Gasteiger partial charge is 0.212 e. The average Bonchev–Trinajstić information content (AvgIpc) is 2.59. The van der Waals surface area contributed by atoms with Crippen molar-refractivity contribution < 1.29 is 14.3 Å². The zero-order chi connectivity index (χ0) is 13.5. The third kappa shape index (κ3) is 2.52. The van der Waals surface area contributed by atoms with Crippen molar-refractivity contribution in [3.05, 3.63) is 34.2 Å². The fourth-order valence-corrected chi connectivity index (χ4v) is 4.69. The summed E-state index contributed by atoms with van der Waals surface area (Å²) in [6.45, 7) is 2.55. The molecule has 0 aliphatic carbocycles. The molecule has 1 aromatic carbocycles. The number of hydrogen-bond acceptors (Lipinski definition) is 3. The number of carbonyl (C=O) groups excluding carboxylic acids is 1. The molecule has 1 N–H and O–H groups in total. The molecule has 1 aromatic heterocycles. The topological polar surface area (TPSA) is 54.4 Å². The molecule has 18 heavy (non-hydrogen) atoms. The highest BCUT2D eigenvalue weighted by atomic mass is 35.5. The lowest BCUT2D eigenvalue weighted by atomic mass is 10.1. The Morgan fingerprint density at radius 2 is 2.17 bits per heavy atom. The number of hydrogen-bond donors (Lipinski definition) is 1. The molecule has 3 nitrogen and oxygen atoms in total. The first kappa shape index (κ1) is 13.8. The molecule has 0 radical (unpaired) electrons. The van der Waals surface area contributed by atoms with E-state index in [0.717, 1.165) is 10.1 Å². The van der Waals surface area contributed by atoms with Crippen LogP contribution in [0.4, 0.5) is 0 Å². The van der Waals surface area contributed by atoms with Crippen LogP contribution in [0.5, 0.6) is 0 Å². The molecular weight excluding hydrogens is 291 g/mol. The maximum atomic E-state index is 11.9. The molecule has 6 heteroatoms. The summed E-state index contributed by atoms with van der Waals surface area (Å²) in [5, 5.41) is 3.09. The van der Waals surface area contributed by atoms with Crippen LogP contribution in [0.1, 0.15) is 18.1 Å². The van der Waals surface area contributed by atoms with Gasteiger partial charge in [0.25, 0.3) is 0 Å². The molecular formula is C12H12ClO3PS. The van der Waals surface area contributed by atoms with Gasteiger partial charge in [0.2, 0.25) is 7.37 Å². The van der Waals surface area contributed by atoms with Crippen LogP contribution < -0.4 is 0 Å². The molecule has 0 amide bonds. The number of thiophene rings is 1. The summed E-state index contributed by atoms with van der Waals surface area (Å²) in [6.07, 6.45) is 0. The van der Waals surface area contributed by atoms with E-state index in [-0.39, 0.29) is 5.78 Å². The second-order valence-electron chi connectivity index (χ2n) is 4.29. The van der Waals surface area contributed by atoms with Crippen LogP contribution in [0.2, 0.25) is 5.02 Å². The molecule has 96 valence electrons. The molecule has 2 atom stereocenters. The number of ketones is 1. The summed E-state index contributed by atoms with van der Waals surface area (Å²) < 4.78 is 12.8. The van der Waals surface area contributed by atoms with Crippen LogP contribution in [-0.4, -0.2) is 17.3 Å². The second kappa shape index (κ2) is 4.78. The molecule has 0 aliphatic heterocycles. The van der Waals surface area contributed by atoms with Gasteiger partial charge in [-0.15, -0.1) is 11.3 Å². The Morgan fingerprint density at radius 1 is 1.50 bits per heavy atom. The molecule has 0 spiro atoms. The highest BCUT2D eigenvalue weighted by Gasteiger charge is 2.33. The third-order valence-corrected chi connectivity index (χ3v) is 5.54. The van der Waals surface area contributed by atoms with Crippen molar-refractivity contribution in [1.29, 1.82) is 0 Å². The fourth-order valence-electron chi connectivity index (χ4n) is 2.05. The molecule has 2 rings (SSSR count). The van der Waals surface area contributed by atoms with Gasteiger partial charge in [0.05, 0.1) is 0 Å². The summed E-state index contributed by atoms with van der Waals surface area (Å²) in [7, 11) is -3.53. The zero-order valence-electron chi connectivity index (χ0n) is 9.88. The Balaban J connectivity index is 2.69. The summed E-state index contributed by atoms with van der Waals surface area (Å²) in [5.41, 5.74) is -0.372. The van der Waals surface area contributed by atoms with Crippen molar-refractivity contribution >= 4 is 46.2 Å². The number of fused-ring (bicyclic) bond motifs is 1. The fraction of sp³-hybridized carbons (Fsp3) is 0.250. The number of benzene rings is 1. The predicted octanol–water partition coefficient (Wildman–Crippen LogP) is 4.09. The van der Waals surface area contributed by atoms with Crippen LogP contribution in [0.15, 0.2) is 23.6 Å². The van der Waals surface area contributed by atoms with E-state index in [1.807, 2.05) is 6.07 Å². The molecule has 0 saturated heterocycles. The van der Waals surface area contributed by atoms with Crippen molar-refractivity contribution in [1.82, 2.24) is 0 Å². The predicted molar refractivity (Wildman–Crippen MR) is 76.0 cm³/mol. The van der Waals surface area contributed by atoms with Crippen molar-refractivity contribution in [3.8, 4) is 0 Å². The lowest BCUT2D eigenvalue weighted by molar-refractivity contribution is -0.116. The van der Waals surface area contributed by atoms with E-state index in [4.69, 9.17) is 11.6 Å². The van der Waals surface area contributed by atoms with Crippen molar-refractivity contribution in [2.24, 2.45) is 0 Å². The SMILES string of the molecule is CC(=O)C(c1csc2ccc(Cl)cc12)P(C)(=O)O. The van der Waals surface area contributed by atoms with Gasteiger partial charge >= 0.3 is 0 Å². The maximum Gasteiger partial charge on any atom is 0.212 e. The van der Waals surface area contributed by atoms with E-state index in [0.29, 0.717) is 10.6 Å². The standard InChI is InChI=1S/C12H12ClO3PS/c1-7(14)12(17(2,15)16)10-6-18-11-4-3-8(13)5-9(10)11/h3-6,12H,1-2H3,(H,15,16). The molecule has 0 saturated carbocycles. The summed E-state index contributed by atoms with van der Waals surface area (Å²) in [4.78, 5) is 21.4. The van der Waals surface area contributed by atoms with Gasteiger partial charge in [0.15, 0.2) is 0 Å². The summed E-state index contributed by atoms with van der Waals surface area (Å²) in [6, 6.07) is 5.34. The van der Waals surface area contributed by atoms with Crippen LogP contribution in [0.3, 0.4) is 0 Å². The van der Waals surface area contributed by atoms with E-state index in [1.165, 1.54) is 24.9 Å². The summed E-state index contributed by atoms with van der Waals surface area (Å²) >= 11 is 7.38. The Hall–Kier alpha value is -0.670. The second-order valence-corrected chi connectivity index (χ2v) is 8.04. The Bertz CT molecular complexity index is 658. The van der Waals surface area contributed by atoms with E-state index in [1.54, 1.807) is 17.5 Å². The Labute approximate surface area is 114 Å². The molecule has 1 heterocycles. The highest BCUT2D eigenvalue weighted by molar-refractivity contribution is 7.58. The Morgan fingerprint density at radius 3 is 2.72 bits per heavy atom. The van der Waals surface area contributed by atoms with Crippen molar-refractivity contribution in [2.75, 3.05) is 6.66 Å². The zero-order valence-corrected chi connectivity index (χ0v) is 12.4. The van der Waals surface area contributed by atoms with Crippen molar-refractivity contribution in [3.63, 3.8) is 0 Å². The molecule has 0 fully saturated rings. The van der Waals surface area contributed by atoms with Gasteiger partial charge < -0.3 is 4.89 Å². The van der Waals surface area contributed by atoms with Gasteiger partial charge in [-0.05, 0) is 41.5 Å². The van der Waals surface area contributed by atoms with Crippen LogP contribution in [-0.2, 0) is 9.36 Å². The van der Waals surface area contributed by atoms with Crippen LogP contribution in [0.25, 0.3) is 10.1 Å². The normalized spacial score (nSPS) is 16.4. The number of rotatable bonds is 3. The van der Waals surface area contributed by atoms with Gasteiger partial charge in [-0.3, -0.25) is 9.36 Å². The van der Waals surface area contributed by atoms with Gasteiger partial charge in [-0.25, -0.2) is 0 Å². The van der Waals surface area contributed by atoms with Gasteiger partial charge in [0.1, 0.15) is 11.4 Å². The average molecular weight is 303 g/mol. The van der Waals surface area contributed by atoms with Gasteiger partial charge in [-0.1, -0.05) is 11.6 Å². The van der Waals surface area contributed by atoms with E-state index in [2.05, 4.69) is 0 Å². The molecule has 2 aromatic rings. The van der Waals surface area contributed by atoms with Gasteiger partial charge in [-0.2, -0.15) is 0 Å². The largest absolute Gasteiger partial charge is 0.344 e. The lowest BCUT2D eigenvalue weighted by Crippen LogP contribution is -2.08. The number of halogens is 1. The summed E-state index contributed by atoms with van der Waals surface area (Å²) in [5.74, 6) is -0.303. The maximum absolute atomic E-state index is 11.9. The number of carbonyl (C=O) groups is 1. The van der Waals surface area contributed by atoms with E-state index < -0.39 is 13.0 Å².